The van der Waals surface area contributed by atoms with Gasteiger partial charge in [0.05, 0.1) is 10.7 Å². The molecule has 0 radical (unpaired) electrons. The molecule has 0 atom stereocenters. The van der Waals surface area contributed by atoms with E-state index in [2.05, 4.69) is 24.5 Å². The Balaban J connectivity index is 1.89. The van der Waals surface area contributed by atoms with E-state index in [1.54, 1.807) is 24.3 Å². The number of carbonyl (C=O) groups is 2. The van der Waals surface area contributed by atoms with Crippen LogP contribution in [0.5, 0.6) is 0 Å². The predicted octanol–water partition coefficient (Wildman–Crippen LogP) is 4.43. The van der Waals surface area contributed by atoms with E-state index in [0.717, 1.165) is 0 Å². The van der Waals surface area contributed by atoms with E-state index < -0.39 is 5.91 Å². The van der Waals surface area contributed by atoms with Crippen LogP contribution in [0.25, 0.3) is 0 Å². The Kier molecular flexibility index (Phi) is 5.77. The zero-order chi connectivity index (χ0) is 16.8. The Morgan fingerprint density at radius 3 is 2.17 bits per heavy atom. The third kappa shape index (κ3) is 5.11. The topological polar surface area (TPSA) is 58.2 Å². The van der Waals surface area contributed by atoms with Gasteiger partial charge in [0.25, 0.3) is 0 Å². The van der Waals surface area contributed by atoms with Crippen molar-refractivity contribution < 1.29 is 9.59 Å². The predicted molar refractivity (Wildman–Crippen MR) is 93.9 cm³/mol. The molecular weight excluding hydrogens is 312 g/mol. The number of para-hydroxylation sites is 1. The largest absolute Gasteiger partial charge is 0.326 e. The number of benzene rings is 2. The Labute approximate surface area is 140 Å². The highest BCUT2D eigenvalue weighted by molar-refractivity contribution is 6.33. The average molecular weight is 331 g/mol. The first kappa shape index (κ1) is 17.0. The molecule has 2 rings (SSSR count). The third-order valence-electron chi connectivity index (χ3n) is 3.33. The summed E-state index contributed by atoms with van der Waals surface area (Å²) >= 11 is 5.96. The fourth-order valence-corrected chi connectivity index (χ4v) is 2.24. The molecule has 2 aromatic carbocycles. The number of carbonyl (C=O) groups excluding carboxylic acids is 2. The first-order valence-electron chi connectivity index (χ1n) is 7.40. The smallest absolute Gasteiger partial charge is 0.233 e. The van der Waals surface area contributed by atoms with Gasteiger partial charge in [-0.1, -0.05) is 49.7 Å². The number of anilines is 2. The Morgan fingerprint density at radius 2 is 1.57 bits per heavy atom. The maximum absolute atomic E-state index is 11.9. The van der Waals surface area contributed by atoms with Crippen LogP contribution in [0.2, 0.25) is 5.02 Å². The Morgan fingerprint density at radius 1 is 0.957 bits per heavy atom. The van der Waals surface area contributed by atoms with E-state index in [1.165, 1.54) is 5.56 Å². The van der Waals surface area contributed by atoms with Crippen LogP contribution in [-0.2, 0) is 9.59 Å². The summed E-state index contributed by atoms with van der Waals surface area (Å²) in [5, 5.41) is 5.76. The van der Waals surface area contributed by atoms with Crippen molar-refractivity contribution in [3.8, 4) is 0 Å². The number of amides is 2. The van der Waals surface area contributed by atoms with Crippen molar-refractivity contribution in [2.45, 2.75) is 26.2 Å². The first-order valence-corrected chi connectivity index (χ1v) is 7.77. The van der Waals surface area contributed by atoms with E-state index in [9.17, 15) is 9.59 Å². The van der Waals surface area contributed by atoms with Crippen LogP contribution in [0, 0.1) is 0 Å². The highest BCUT2D eigenvalue weighted by Crippen LogP contribution is 2.21. The second kappa shape index (κ2) is 7.79. The second-order valence-corrected chi connectivity index (χ2v) is 5.94. The quantitative estimate of drug-likeness (QED) is 0.797. The SMILES string of the molecule is CC(C)c1ccc(NC(=O)CC(=O)Nc2ccccc2Cl)cc1. The summed E-state index contributed by atoms with van der Waals surface area (Å²) in [4.78, 5) is 23.8. The van der Waals surface area contributed by atoms with Crippen LogP contribution in [0.15, 0.2) is 48.5 Å². The van der Waals surface area contributed by atoms with Crippen molar-refractivity contribution in [1.82, 2.24) is 0 Å². The molecule has 0 aliphatic carbocycles. The molecule has 0 saturated carbocycles. The normalized spacial score (nSPS) is 10.4. The summed E-state index contributed by atoms with van der Waals surface area (Å²) < 4.78 is 0. The summed E-state index contributed by atoms with van der Waals surface area (Å²) in [6.07, 6.45) is -0.267. The highest BCUT2D eigenvalue weighted by atomic mass is 35.5. The minimum Gasteiger partial charge on any atom is -0.326 e. The van der Waals surface area contributed by atoms with E-state index >= 15 is 0 Å². The molecule has 0 heterocycles. The van der Waals surface area contributed by atoms with Gasteiger partial charge in [-0.05, 0) is 35.7 Å². The summed E-state index contributed by atoms with van der Waals surface area (Å²) in [7, 11) is 0. The van der Waals surface area contributed by atoms with Crippen LogP contribution in [0.3, 0.4) is 0 Å². The summed E-state index contributed by atoms with van der Waals surface area (Å²) in [5.41, 5.74) is 2.36. The Hall–Kier alpha value is -2.33. The van der Waals surface area contributed by atoms with Gasteiger partial charge in [0.2, 0.25) is 11.8 Å². The molecule has 0 fully saturated rings. The maximum atomic E-state index is 11.9. The zero-order valence-electron chi connectivity index (χ0n) is 13.1. The van der Waals surface area contributed by atoms with Crippen molar-refractivity contribution in [2.24, 2.45) is 0 Å². The van der Waals surface area contributed by atoms with Crippen LogP contribution in [-0.4, -0.2) is 11.8 Å². The average Bonchev–Trinajstić information content (AvgIpc) is 2.50. The molecule has 0 aliphatic rings. The van der Waals surface area contributed by atoms with Crippen molar-refractivity contribution in [2.75, 3.05) is 10.6 Å². The minimum absolute atomic E-state index is 0.267. The molecule has 0 aliphatic heterocycles. The summed E-state index contributed by atoms with van der Waals surface area (Å²) in [6.45, 7) is 4.21. The number of nitrogens with one attached hydrogen (secondary N) is 2. The molecular formula is C18H19ClN2O2. The molecule has 0 bridgehead atoms. The van der Waals surface area contributed by atoms with Crippen molar-refractivity contribution in [3.05, 3.63) is 59.1 Å². The van der Waals surface area contributed by atoms with E-state index in [0.29, 0.717) is 22.3 Å². The van der Waals surface area contributed by atoms with Gasteiger partial charge in [0.15, 0.2) is 0 Å². The van der Waals surface area contributed by atoms with E-state index in [4.69, 9.17) is 11.6 Å². The fourth-order valence-electron chi connectivity index (χ4n) is 2.06. The molecule has 2 N–H and O–H groups in total. The van der Waals surface area contributed by atoms with Crippen LogP contribution < -0.4 is 10.6 Å². The molecule has 0 saturated heterocycles. The fraction of sp³-hybridized carbons (Fsp3) is 0.222. The van der Waals surface area contributed by atoms with Crippen LogP contribution in [0.1, 0.15) is 31.7 Å². The van der Waals surface area contributed by atoms with E-state index in [1.807, 2.05) is 24.3 Å². The first-order chi connectivity index (χ1) is 11.0. The molecule has 2 aromatic rings. The standard InChI is InChI=1S/C18H19ClN2O2/c1-12(2)13-7-9-14(10-8-13)20-17(22)11-18(23)21-16-6-4-3-5-15(16)19/h3-10,12H,11H2,1-2H3,(H,20,22)(H,21,23). The molecule has 0 unspecified atom stereocenters. The lowest BCUT2D eigenvalue weighted by molar-refractivity contribution is -0.123. The molecule has 120 valence electrons. The second-order valence-electron chi connectivity index (χ2n) is 5.53. The van der Waals surface area contributed by atoms with Gasteiger partial charge in [0.1, 0.15) is 6.42 Å². The van der Waals surface area contributed by atoms with Crippen molar-refractivity contribution in [1.29, 1.82) is 0 Å². The van der Waals surface area contributed by atoms with Crippen LogP contribution in [0.4, 0.5) is 11.4 Å². The molecule has 5 heteroatoms. The van der Waals surface area contributed by atoms with Gasteiger partial charge < -0.3 is 10.6 Å². The van der Waals surface area contributed by atoms with Gasteiger partial charge in [0, 0.05) is 5.69 Å². The van der Waals surface area contributed by atoms with Crippen molar-refractivity contribution in [3.63, 3.8) is 0 Å². The zero-order valence-corrected chi connectivity index (χ0v) is 13.9. The van der Waals surface area contributed by atoms with Gasteiger partial charge >= 0.3 is 0 Å². The highest BCUT2D eigenvalue weighted by Gasteiger charge is 2.11. The molecule has 2 amide bonds. The number of halogens is 1. The van der Waals surface area contributed by atoms with Gasteiger partial charge in [-0.3, -0.25) is 9.59 Å². The Bertz CT molecular complexity index is 696. The molecule has 0 spiro atoms. The molecule has 0 aromatic heterocycles. The van der Waals surface area contributed by atoms with Crippen molar-refractivity contribution >= 4 is 34.8 Å². The lowest BCUT2D eigenvalue weighted by Crippen LogP contribution is -2.21. The van der Waals surface area contributed by atoms with Gasteiger partial charge in [-0.25, -0.2) is 0 Å². The monoisotopic (exact) mass is 330 g/mol. The molecule has 4 nitrogen and oxygen atoms in total. The summed E-state index contributed by atoms with van der Waals surface area (Å²) in [5.74, 6) is -0.345. The number of rotatable bonds is 5. The molecule has 23 heavy (non-hydrogen) atoms. The third-order valence-corrected chi connectivity index (χ3v) is 3.66. The summed E-state index contributed by atoms with van der Waals surface area (Å²) in [6, 6.07) is 14.5. The lowest BCUT2D eigenvalue weighted by Gasteiger charge is -2.09. The maximum Gasteiger partial charge on any atom is 0.233 e. The van der Waals surface area contributed by atoms with Crippen LogP contribution >= 0.6 is 11.6 Å². The van der Waals surface area contributed by atoms with Gasteiger partial charge in [-0.2, -0.15) is 0 Å². The minimum atomic E-state index is -0.408. The van der Waals surface area contributed by atoms with Gasteiger partial charge in [-0.15, -0.1) is 0 Å². The number of hydrogen-bond donors (Lipinski definition) is 2. The van der Waals surface area contributed by atoms with E-state index in [-0.39, 0.29) is 12.3 Å². The number of hydrogen-bond acceptors (Lipinski definition) is 2. The lowest BCUT2D eigenvalue weighted by atomic mass is 10.0.